The average Bonchev–Trinajstić information content (AvgIpc) is 2.67. The third-order valence-corrected chi connectivity index (χ3v) is 4.11. The van der Waals surface area contributed by atoms with E-state index in [2.05, 4.69) is 19.2 Å². The normalized spacial score (nSPS) is 11.5. The van der Waals surface area contributed by atoms with Crippen molar-refractivity contribution in [1.29, 1.82) is 5.26 Å². The molecule has 2 aromatic carbocycles. The molecule has 0 amide bonds. The molecule has 6 nitrogen and oxygen atoms in total. The number of anilines is 1. The average molecular weight is 381 g/mol. The van der Waals surface area contributed by atoms with Crippen LogP contribution in [0.25, 0.3) is 0 Å². The fourth-order valence-electron chi connectivity index (χ4n) is 2.58. The lowest BCUT2D eigenvalue weighted by Crippen LogP contribution is -2.34. The van der Waals surface area contributed by atoms with Crippen molar-refractivity contribution in [2.45, 2.75) is 33.2 Å². The summed E-state index contributed by atoms with van der Waals surface area (Å²) in [5.41, 5.74) is 1.56. The first kappa shape index (κ1) is 21.1. The number of rotatable bonds is 10. The molecule has 1 unspecified atom stereocenters. The predicted molar refractivity (Wildman–Crippen MR) is 105 cm³/mol. The van der Waals surface area contributed by atoms with Gasteiger partial charge in [-0.2, -0.15) is 5.26 Å². The van der Waals surface area contributed by atoms with Gasteiger partial charge in [0.25, 0.3) is 0 Å². The Hall–Kier alpha value is -3.20. The van der Waals surface area contributed by atoms with Gasteiger partial charge in [0.1, 0.15) is 0 Å². The number of nitriles is 1. The molecule has 0 aliphatic rings. The molecule has 0 aliphatic heterocycles. The van der Waals surface area contributed by atoms with Crippen molar-refractivity contribution in [3.8, 4) is 17.6 Å². The second-order valence-corrected chi connectivity index (χ2v) is 6.76. The largest absolute Gasteiger partial charge is 0.548 e. The molecule has 1 atom stereocenters. The highest BCUT2D eigenvalue weighted by molar-refractivity contribution is 5.78. The van der Waals surface area contributed by atoms with E-state index >= 15 is 0 Å². The fraction of sp³-hybridized carbons (Fsp3) is 0.364. The zero-order chi connectivity index (χ0) is 20.5. The molecule has 0 heterocycles. The van der Waals surface area contributed by atoms with Gasteiger partial charge in [-0.25, -0.2) is 0 Å². The number of nitrogens with zero attached hydrogens (tertiary/aromatic N) is 1. The van der Waals surface area contributed by atoms with E-state index in [0.717, 1.165) is 6.42 Å². The van der Waals surface area contributed by atoms with Crippen LogP contribution in [0, 0.1) is 17.2 Å². The molecular formula is C22H25N2O4-. The second kappa shape index (κ2) is 10.2. The zero-order valence-corrected chi connectivity index (χ0v) is 16.4. The van der Waals surface area contributed by atoms with E-state index in [1.54, 1.807) is 42.5 Å². The zero-order valence-electron chi connectivity index (χ0n) is 16.4. The van der Waals surface area contributed by atoms with E-state index < -0.39 is 12.0 Å². The monoisotopic (exact) mass is 381 g/mol. The number of aliphatic carboxylic acids is 1. The molecule has 0 fully saturated rings. The van der Waals surface area contributed by atoms with Crippen LogP contribution in [0.1, 0.15) is 44.4 Å². The third kappa shape index (κ3) is 5.92. The SMILES string of the molecule is CCOc1cc(C(Nc2ccc(C#N)cc2)C(=O)[O-])ccc1OCCC(C)C. The Morgan fingerprint density at radius 3 is 2.43 bits per heavy atom. The number of carbonyl (C=O) groups excluding carboxylic acids is 1. The summed E-state index contributed by atoms with van der Waals surface area (Å²) < 4.78 is 11.4. The smallest absolute Gasteiger partial charge is 0.161 e. The lowest BCUT2D eigenvalue weighted by atomic mass is 10.1. The van der Waals surface area contributed by atoms with E-state index in [9.17, 15) is 9.90 Å². The highest BCUT2D eigenvalue weighted by Gasteiger charge is 2.16. The van der Waals surface area contributed by atoms with Crippen LogP contribution in [0.4, 0.5) is 5.69 Å². The lowest BCUT2D eigenvalue weighted by molar-refractivity contribution is -0.307. The van der Waals surface area contributed by atoms with Crippen molar-refractivity contribution >= 4 is 11.7 Å². The Balaban J connectivity index is 2.23. The number of nitrogens with one attached hydrogen (secondary N) is 1. The van der Waals surface area contributed by atoms with E-state index in [1.165, 1.54) is 0 Å². The van der Waals surface area contributed by atoms with E-state index in [4.69, 9.17) is 14.7 Å². The Labute approximate surface area is 165 Å². The predicted octanol–water partition coefficient (Wildman–Crippen LogP) is 3.28. The lowest BCUT2D eigenvalue weighted by Gasteiger charge is -2.23. The van der Waals surface area contributed by atoms with Gasteiger partial charge in [0, 0.05) is 5.69 Å². The highest BCUT2D eigenvalue weighted by Crippen LogP contribution is 2.32. The minimum absolute atomic E-state index is 0.434. The van der Waals surface area contributed by atoms with Gasteiger partial charge in [-0.3, -0.25) is 0 Å². The van der Waals surface area contributed by atoms with Crippen LogP contribution in [0.5, 0.6) is 11.5 Å². The van der Waals surface area contributed by atoms with Crippen LogP contribution >= 0.6 is 0 Å². The summed E-state index contributed by atoms with van der Waals surface area (Å²) in [6.45, 7) is 7.09. The first-order valence-electron chi connectivity index (χ1n) is 9.31. The molecule has 0 bridgehead atoms. The number of carboxylic acids is 1. The molecule has 0 saturated carbocycles. The summed E-state index contributed by atoms with van der Waals surface area (Å²) in [6, 6.07) is 12.6. The van der Waals surface area contributed by atoms with E-state index in [-0.39, 0.29) is 0 Å². The molecule has 2 rings (SSSR count). The van der Waals surface area contributed by atoms with E-state index in [1.807, 2.05) is 13.0 Å². The molecule has 28 heavy (non-hydrogen) atoms. The molecule has 1 N–H and O–H groups in total. The summed E-state index contributed by atoms with van der Waals surface area (Å²) in [6.07, 6.45) is 0.912. The van der Waals surface area contributed by atoms with E-state index in [0.29, 0.717) is 47.4 Å². The number of carbonyl (C=O) groups is 1. The summed E-state index contributed by atoms with van der Waals surface area (Å²) in [5, 5.41) is 23.5. The Morgan fingerprint density at radius 1 is 1.14 bits per heavy atom. The fourth-order valence-corrected chi connectivity index (χ4v) is 2.58. The number of hydrogen-bond donors (Lipinski definition) is 1. The van der Waals surface area contributed by atoms with Gasteiger partial charge in [0.2, 0.25) is 0 Å². The molecule has 0 aliphatic carbocycles. The van der Waals surface area contributed by atoms with Crippen LogP contribution in [0.2, 0.25) is 0 Å². The van der Waals surface area contributed by atoms with Gasteiger partial charge in [-0.1, -0.05) is 19.9 Å². The minimum atomic E-state index is -1.26. The van der Waals surface area contributed by atoms with Crippen molar-refractivity contribution in [2.24, 2.45) is 5.92 Å². The van der Waals surface area contributed by atoms with Crippen LogP contribution in [0.3, 0.4) is 0 Å². The molecule has 6 heteroatoms. The summed E-state index contributed by atoms with van der Waals surface area (Å²) in [4.78, 5) is 11.7. The molecule has 0 saturated heterocycles. The number of hydrogen-bond acceptors (Lipinski definition) is 6. The van der Waals surface area contributed by atoms with Gasteiger partial charge >= 0.3 is 0 Å². The van der Waals surface area contributed by atoms with Gasteiger partial charge in [-0.15, -0.1) is 0 Å². The summed E-state index contributed by atoms with van der Waals surface area (Å²) in [5.74, 6) is 0.340. The van der Waals surface area contributed by atoms with Gasteiger partial charge in [-0.05, 0) is 61.2 Å². The summed E-state index contributed by atoms with van der Waals surface area (Å²) >= 11 is 0. The Morgan fingerprint density at radius 2 is 1.86 bits per heavy atom. The summed E-state index contributed by atoms with van der Waals surface area (Å²) in [7, 11) is 0. The van der Waals surface area contributed by atoms with Crippen LogP contribution < -0.4 is 19.9 Å². The third-order valence-electron chi connectivity index (χ3n) is 4.11. The second-order valence-electron chi connectivity index (χ2n) is 6.76. The first-order chi connectivity index (χ1) is 13.4. The highest BCUT2D eigenvalue weighted by atomic mass is 16.5. The first-order valence-corrected chi connectivity index (χ1v) is 9.31. The molecule has 0 aromatic heterocycles. The van der Waals surface area contributed by atoms with Crippen LogP contribution in [-0.4, -0.2) is 19.2 Å². The maximum absolute atomic E-state index is 11.7. The number of carboxylic acid groups (broad SMARTS) is 1. The van der Waals surface area contributed by atoms with Gasteiger partial charge in [0.05, 0.1) is 36.9 Å². The number of ether oxygens (including phenoxy) is 2. The van der Waals surface area contributed by atoms with Crippen LogP contribution in [0.15, 0.2) is 42.5 Å². The molecule has 0 radical (unpaired) electrons. The molecule has 2 aromatic rings. The van der Waals surface area contributed by atoms with Gasteiger partial charge in [0.15, 0.2) is 11.5 Å². The van der Waals surface area contributed by atoms with Crippen molar-refractivity contribution in [2.75, 3.05) is 18.5 Å². The topological polar surface area (TPSA) is 94.4 Å². The molecular weight excluding hydrogens is 356 g/mol. The number of benzene rings is 2. The Bertz CT molecular complexity index is 825. The maximum atomic E-state index is 11.7. The van der Waals surface area contributed by atoms with Crippen molar-refractivity contribution in [3.05, 3.63) is 53.6 Å². The van der Waals surface area contributed by atoms with Gasteiger partial charge < -0.3 is 24.7 Å². The van der Waals surface area contributed by atoms with Crippen molar-refractivity contribution in [1.82, 2.24) is 0 Å². The molecule has 0 spiro atoms. The minimum Gasteiger partial charge on any atom is -0.548 e. The van der Waals surface area contributed by atoms with Crippen molar-refractivity contribution < 1.29 is 19.4 Å². The standard InChI is InChI=1S/C22H26N2O4/c1-4-27-20-13-17(7-10-19(20)28-12-11-15(2)3)21(22(25)26)24-18-8-5-16(14-23)6-9-18/h5-10,13,15,21,24H,4,11-12H2,1-3H3,(H,25,26)/p-1. The van der Waals surface area contributed by atoms with Crippen molar-refractivity contribution in [3.63, 3.8) is 0 Å². The quantitative estimate of drug-likeness (QED) is 0.679. The maximum Gasteiger partial charge on any atom is 0.161 e. The molecule has 148 valence electrons. The Kier molecular flexibility index (Phi) is 7.70. The van der Waals surface area contributed by atoms with Crippen LogP contribution in [-0.2, 0) is 4.79 Å².